The van der Waals surface area contributed by atoms with Crippen LogP contribution in [0.15, 0.2) is 24.3 Å². The van der Waals surface area contributed by atoms with E-state index in [2.05, 4.69) is 13.8 Å². The van der Waals surface area contributed by atoms with Gasteiger partial charge in [-0.25, -0.2) is 0 Å². The Balaban J connectivity index is 1.79. The minimum absolute atomic E-state index is 0.0750. The van der Waals surface area contributed by atoms with Gasteiger partial charge in [0, 0.05) is 17.1 Å². The molecule has 1 aromatic carbocycles. The zero-order valence-corrected chi connectivity index (χ0v) is 14.9. The van der Waals surface area contributed by atoms with Crippen LogP contribution in [-0.4, -0.2) is 35.0 Å². The average molecular weight is 329 g/mol. The lowest BCUT2D eigenvalue weighted by molar-refractivity contribution is -0.151. The molecule has 4 heteroatoms. The molecule has 0 saturated carbocycles. The molecule has 2 heterocycles. The molecule has 2 aliphatic heterocycles. The summed E-state index contributed by atoms with van der Waals surface area (Å²) in [5.74, 6) is -0.0750. The lowest BCUT2D eigenvalue weighted by atomic mass is 9.82. The van der Waals surface area contributed by atoms with Crippen molar-refractivity contribution in [2.24, 2.45) is 5.92 Å². The number of benzene rings is 1. The summed E-state index contributed by atoms with van der Waals surface area (Å²) in [6, 6.07) is 8.07. The molecule has 4 nitrogen and oxygen atoms in total. The van der Waals surface area contributed by atoms with E-state index in [1.807, 2.05) is 36.1 Å². The largest absolute Gasteiger partial charge is 0.466 e. The van der Waals surface area contributed by atoms with Gasteiger partial charge in [0.05, 0.1) is 12.5 Å². The Morgan fingerprint density at radius 2 is 1.96 bits per heavy atom. The van der Waals surface area contributed by atoms with E-state index < -0.39 is 0 Å². The summed E-state index contributed by atoms with van der Waals surface area (Å²) in [6.07, 6.45) is 4.35. The van der Waals surface area contributed by atoms with Crippen LogP contribution in [0.3, 0.4) is 0 Å². The zero-order chi connectivity index (χ0) is 17.3. The van der Waals surface area contributed by atoms with Crippen molar-refractivity contribution in [3.8, 4) is 0 Å². The molecule has 2 aliphatic rings. The van der Waals surface area contributed by atoms with E-state index >= 15 is 0 Å². The van der Waals surface area contributed by atoms with Crippen molar-refractivity contribution in [1.29, 1.82) is 0 Å². The smallest absolute Gasteiger partial charge is 0.309 e. The van der Waals surface area contributed by atoms with Crippen molar-refractivity contribution in [3.05, 3.63) is 35.4 Å². The lowest BCUT2D eigenvalue weighted by Gasteiger charge is -2.45. The maximum absolute atomic E-state index is 13.1. The number of hydrogen-bond donors (Lipinski definition) is 0. The van der Waals surface area contributed by atoms with Crippen molar-refractivity contribution < 1.29 is 14.3 Å². The standard InChI is InChI=1S/C20H27NO3/c1-4-14-6-8-15(9-7-14)18(22)21-17-10-11-20(21,3)13-16(12-17)19(23)24-5-2/h6-9,16-17H,4-5,10-13H2,1-3H3. The highest BCUT2D eigenvalue weighted by atomic mass is 16.5. The van der Waals surface area contributed by atoms with Gasteiger partial charge in [0.25, 0.3) is 5.91 Å². The first-order valence-electron chi connectivity index (χ1n) is 9.07. The number of rotatable bonds is 4. The number of nitrogens with zero attached hydrogens (tertiary/aromatic N) is 1. The Morgan fingerprint density at radius 1 is 1.25 bits per heavy atom. The summed E-state index contributed by atoms with van der Waals surface area (Å²) >= 11 is 0. The Hall–Kier alpha value is -1.84. The average Bonchev–Trinajstić information content (AvgIpc) is 2.79. The van der Waals surface area contributed by atoms with Crippen molar-refractivity contribution in [2.75, 3.05) is 6.61 Å². The fraction of sp³-hybridized carbons (Fsp3) is 0.600. The molecule has 1 amide bonds. The number of ether oxygens (including phenoxy) is 1. The van der Waals surface area contributed by atoms with Gasteiger partial charge in [-0.1, -0.05) is 19.1 Å². The normalized spacial score (nSPS) is 28.7. The maximum atomic E-state index is 13.1. The van der Waals surface area contributed by atoms with Gasteiger partial charge in [-0.15, -0.1) is 0 Å². The Labute approximate surface area is 144 Å². The minimum Gasteiger partial charge on any atom is -0.466 e. The molecule has 2 fully saturated rings. The third-order valence-electron chi connectivity index (χ3n) is 5.65. The Morgan fingerprint density at radius 3 is 2.54 bits per heavy atom. The van der Waals surface area contributed by atoms with Gasteiger partial charge >= 0.3 is 5.97 Å². The molecule has 0 aliphatic carbocycles. The highest BCUT2D eigenvalue weighted by molar-refractivity contribution is 5.95. The molecule has 3 atom stereocenters. The molecule has 2 bridgehead atoms. The molecule has 1 aromatic rings. The van der Waals surface area contributed by atoms with Crippen molar-refractivity contribution in [1.82, 2.24) is 4.90 Å². The number of esters is 1. The van der Waals surface area contributed by atoms with Crippen molar-refractivity contribution >= 4 is 11.9 Å². The number of aryl methyl sites for hydroxylation is 1. The lowest BCUT2D eigenvalue weighted by Crippen LogP contribution is -2.54. The van der Waals surface area contributed by atoms with Gasteiger partial charge in [-0.05, 0) is 63.6 Å². The first-order chi connectivity index (χ1) is 11.5. The van der Waals surface area contributed by atoms with Crippen LogP contribution in [0.4, 0.5) is 0 Å². The molecule has 0 aromatic heterocycles. The fourth-order valence-corrected chi connectivity index (χ4v) is 4.41. The summed E-state index contributed by atoms with van der Waals surface area (Å²) in [4.78, 5) is 27.3. The molecule has 0 radical (unpaired) electrons. The van der Waals surface area contributed by atoms with E-state index in [9.17, 15) is 9.59 Å². The van der Waals surface area contributed by atoms with Gasteiger partial charge < -0.3 is 9.64 Å². The third-order valence-corrected chi connectivity index (χ3v) is 5.65. The van der Waals surface area contributed by atoms with Crippen LogP contribution in [0.5, 0.6) is 0 Å². The van der Waals surface area contributed by atoms with E-state index in [1.165, 1.54) is 5.56 Å². The van der Waals surface area contributed by atoms with Crippen LogP contribution in [0.2, 0.25) is 0 Å². The number of piperidine rings is 1. The van der Waals surface area contributed by atoms with Gasteiger partial charge in [0.2, 0.25) is 0 Å². The quantitative estimate of drug-likeness (QED) is 0.793. The van der Waals surface area contributed by atoms with E-state index in [-0.39, 0.29) is 29.4 Å². The summed E-state index contributed by atoms with van der Waals surface area (Å²) in [5, 5.41) is 0. The number of hydrogen-bond acceptors (Lipinski definition) is 3. The topological polar surface area (TPSA) is 46.6 Å². The second-order valence-corrected chi connectivity index (χ2v) is 7.30. The van der Waals surface area contributed by atoms with Crippen LogP contribution < -0.4 is 0 Å². The highest BCUT2D eigenvalue weighted by Gasteiger charge is 2.52. The molecule has 0 N–H and O–H groups in total. The highest BCUT2D eigenvalue weighted by Crippen LogP contribution is 2.47. The number of carbonyl (C=O) groups is 2. The van der Waals surface area contributed by atoms with Crippen LogP contribution in [-0.2, 0) is 16.0 Å². The van der Waals surface area contributed by atoms with Crippen LogP contribution in [0, 0.1) is 5.92 Å². The summed E-state index contributed by atoms with van der Waals surface area (Å²) in [7, 11) is 0. The van der Waals surface area contributed by atoms with E-state index in [0.717, 1.165) is 31.2 Å². The van der Waals surface area contributed by atoms with Crippen LogP contribution >= 0.6 is 0 Å². The SMILES string of the molecule is CCOC(=O)C1CC2CCC(C)(C1)N2C(=O)c1ccc(CC)cc1. The van der Waals surface area contributed by atoms with E-state index in [1.54, 1.807) is 0 Å². The van der Waals surface area contributed by atoms with Gasteiger partial charge in [-0.3, -0.25) is 9.59 Å². The Kier molecular flexibility index (Phi) is 4.66. The Bertz CT molecular complexity index is 624. The second-order valence-electron chi connectivity index (χ2n) is 7.30. The summed E-state index contributed by atoms with van der Waals surface area (Å²) in [5.41, 5.74) is 1.75. The fourth-order valence-electron chi connectivity index (χ4n) is 4.41. The van der Waals surface area contributed by atoms with Crippen molar-refractivity contribution in [3.63, 3.8) is 0 Å². The monoisotopic (exact) mass is 329 g/mol. The minimum atomic E-state index is -0.235. The molecular weight excluding hydrogens is 302 g/mol. The molecule has 2 saturated heterocycles. The second kappa shape index (κ2) is 6.58. The zero-order valence-electron chi connectivity index (χ0n) is 14.9. The summed E-state index contributed by atoms with van der Waals surface area (Å²) in [6.45, 7) is 6.49. The summed E-state index contributed by atoms with van der Waals surface area (Å²) < 4.78 is 5.21. The molecular formula is C20H27NO3. The first-order valence-corrected chi connectivity index (χ1v) is 9.07. The molecule has 130 valence electrons. The van der Waals surface area contributed by atoms with Gasteiger partial charge in [0.1, 0.15) is 0 Å². The number of carbonyl (C=O) groups excluding carboxylic acids is 2. The van der Waals surface area contributed by atoms with Gasteiger partial charge in [0.15, 0.2) is 0 Å². The van der Waals surface area contributed by atoms with Crippen LogP contribution in [0.1, 0.15) is 62.4 Å². The van der Waals surface area contributed by atoms with Gasteiger partial charge in [-0.2, -0.15) is 0 Å². The van der Waals surface area contributed by atoms with Crippen LogP contribution in [0.25, 0.3) is 0 Å². The first kappa shape index (κ1) is 17.0. The van der Waals surface area contributed by atoms with Crippen molar-refractivity contribution in [2.45, 2.75) is 64.5 Å². The molecule has 3 unspecified atom stereocenters. The molecule has 0 spiro atoms. The maximum Gasteiger partial charge on any atom is 0.309 e. The predicted molar refractivity (Wildman–Crippen MR) is 92.8 cm³/mol. The third kappa shape index (κ3) is 2.94. The van der Waals surface area contributed by atoms with E-state index in [0.29, 0.717) is 13.0 Å². The van der Waals surface area contributed by atoms with E-state index in [4.69, 9.17) is 4.74 Å². The molecule has 24 heavy (non-hydrogen) atoms. The molecule has 3 rings (SSSR count). The number of amides is 1. The predicted octanol–water partition coefficient (Wildman–Crippen LogP) is 3.59. The number of fused-ring (bicyclic) bond motifs is 2.